The summed E-state index contributed by atoms with van der Waals surface area (Å²) in [7, 11) is 0. The highest BCUT2D eigenvalue weighted by atomic mass is 32.1. The van der Waals surface area contributed by atoms with E-state index in [4.69, 9.17) is 0 Å². The number of urea groups is 1. The third-order valence-electron chi connectivity index (χ3n) is 4.73. The number of hydrogen-bond donors (Lipinski definition) is 1. The summed E-state index contributed by atoms with van der Waals surface area (Å²) < 4.78 is 13.2. The Hall–Kier alpha value is -1.88. The highest BCUT2D eigenvalue weighted by molar-refractivity contribution is 7.09. The highest BCUT2D eigenvalue weighted by Crippen LogP contribution is 2.37. The van der Waals surface area contributed by atoms with E-state index in [1.807, 2.05) is 29.3 Å². The molecule has 128 valence electrons. The fourth-order valence-corrected chi connectivity index (χ4v) is 3.78. The van der Waals surface area contributed by atoms with Gasteiger partial charge in [-0.25, -0.2) is 9.18 Å². The van der Waals surface area contributed by atoms with Crippen molar-refractivity contribution in [3.8, 4) is 0 Å². The molecule has 1 aromatic carbocycles. The largest absolute Gasteiger partial charge is 0.331 e. The van der Waals surface area contributed by atoms with E-state index in [0.717, 1.165) is 18.4 Å². The minimum Gasteiger partial charge on any atom is -0.331 e. The van der Waals surface area contributed by atoms with E-state index in [1.54, 1.807) is 23.5 Å². The molecule has 0 aliphatic heterocycles. The van der Waals surface area contributed by atoms with Crippen LogP contribution in [-0.2, 0) is 6.54 Å². The molecule has 1 unspecified atom stereocenters. The van der Waals surface area contributed by atoms with Crippen LogP contribution in [0.25, 0.3) is 0 Å². The second kappa shape index (κ2) is 7.79. The fraction of sp³-hybridized carbons (Fsp3) is 0.421. The van der Waals surface area contributed by atoms with Crippen LogP contribution < -0.4 is 5.32 Å². The third-order valence-corrected chi connectivity index (χ3v) is 5.59. The van der Waals surface area contributed by atoms with Crippen molar-refractivity contribution in [1.82, 2.24) is 10.2 Å². The lowest BCUT2D eigenvalue weighted by molar-refractivity contribution is 0.175. The highest BCUT2D eigenvalue weighted by Gasteiger charge is 2.30. The second-order valence-corrected chi connectivity index (χ2v) is 7.30. The van der Waals surface area contributed by atoms with Gasteiger partial charge in [-0.3, -0.25) is 0 Å². The van der Waals surface area contributed by atoms with Gasteiger partial charge in [-0.15, -0.1) is 11.3 Å². The van der Waals surface area contributed by atoms with Crippen LogP contribution in [0.1, 0.15) is 42.7 Å². The van der Waals surface area contributed by atoms with E-state index >= 15 is 0 Å². The Morgan fingerprint density at radius 3 is 2.62 bits per heavy atom. The van der Waals surface area contributed by atoms with Gasteiger partial charge in [0, 0.05) is 11.4 Å². The summed E-state index contributed by atoms with van der Waals surface area (Å²) in [5.41, 5.74) is 0.988. The molecule has 3 rings (SSSR count). The molecule has 3 nitrogen and oxygen atoms in total. The first-order valence-corrected chi connectivity index (χ1v) is 9.38. The van der Waals surface area contributed by atoms with Crippen molar-refractivity contribution in [3.63, 3.8) is 0 Å². The topological polar surface area (TPSA) is 32.3 Å². The van der Waals surface area contributed by atoms with E-state index in [0.29, 0.717) is 19.0 Å². The summed E-state index contributed by atoms with van der Waals surface area (Å²) in [5, 5.41) is 5.21. The molecular weight excluding hydrogens is 323 g/mol. The summed E-state index contributed by atoms with van der Waals surface area (Å²) in [4.78, 5) is 15.7. The van der Waals surface area contributed by atoms with E-state index in [-0.39, 0.29) is 17.9 Å². The first-order valence-electron chi connectivity index (χ1n) is 8.50. The number of nitrogens with zero attached hydrogens (tertiary/aromatic N) is 1. The summed E-state index contributed by atoms with van der Waals surface area (Å²) in [5.74, 6) is 0.199. The molecule has 2 amide bonds. The Balaban J connectivity index is 1.71. The number of amides is 2. The van der Waals surface area contributed by atoms with Crippen molar-refractivity contribution < 1.29 is 9.18 Å². The first-order chi connectivity index (χ1) is 11.7. The third kappa shape index (κ3) is 3.96. The maximum Gasteiger partial charge on any atom is 0.318 e. The van der Waals surface area contributed by atoms with Crippen LogP contribution in [0.5, 0.6) is 0 Å². The molecule has 1 fully saturated rings. The van der Waals surface area contributed by atoms with E-state index < -0.39 is 0 Å². The molecule has 1 heterocycles. The number of benzene rings is 1. The molecule has 5 heteroatoms. The van der Waals surface area contributed by atoms with E-state index in [1.165, 1.54) is 23.4 Å². The number of rotatable bonds is 6. The van der Waals surface area contributed by atoms with Crippen LogP contribution in [0, 0.1) is 11.7 Å². The Morgan fingerprint density at radius 1 is 1.33 bits per heavy atom. The Kier molecular flexibility index (Phi) is 5.51. The molecule has 24 heavy (non-hydrogen) atoms. The smallest absolute Gasteiger partial charge is 0.318 e. The summed E-state index contributed by atoms with van der Waals surface area (Å²) >= 11 is 1.66. The molecule has 1 aliphatic rings. The maximum absolute atomic E-state index is 13.2. The summed E-state index contributed by atoms with van der Waals surface area (Å²) in [6.45, 7) is 3.27. The molecule has 1 atom stereocenters. The van der Waals surface area contributed by atoms with Gasteiger partial charge in [-0.2, -0.15) is 0 Å². The predicted octanol–water partition coefficient (Wildman–Crippen LogP) is 4.96. The molecule has 2 aromatic rings. The number of nitrogens with one attached hydrogen (secondary N) is 1. The van der Waals surface area contributed by atoms with Crippen molar-refractivity contribution in [1.29, 1.82) is 0 Å². The fourth-order valence-electron chi connectivity index (χ4n) is 3.06. The van der Waals surface area contributed by atoms with Gasteiger partial charge in [0.15, 0.2) is 0 Å². The van der Waals surface area contributed by atoms with Gasteiger partial charge < -0.3 is 10.2 Å². The lowest BCUT2D eigenvalue weighted by atomic mass is 9.77. The minimum absolute atomic E-state index is 0.0377. The normalized spacial score (nSPS) is 15.6. The van der Waals surface area contributed by atoms with Crippen molar-refractivity contribution in [2.75, 3.05) is 6.54 Å². The Morgan fingerprint density at radius 2 is 2.08 bits per heavy atom. The van der Waals surface area contributed by atoms with E-state index in [2.05, 4.69) is 5.32 Å². The standard InChI is InChI=1S/C19H23FN2OS/c1-2-22(13-17-7-4-12-24-17)19(23)21-18(14-5-3-6-14)15-8-10-16(20)11-9-15/h4,7-12,14,18H,2-3,5-6,13H2,1H3,(H,21,23). The van der Waals surface area contributed by atoms with Crippen molar-refractivity contribution >= 4 is 17.4 Å². The molecule has 0 radical (unpaired) electrons. The van der Waals surface area contributed by atoms with Gasteiger partial charge in [0.25, 0.3) is 0 Å². The van der Waals surface area contributed by atoms with Gasteiger partial charge >= 0.3 is 6.03 Å². The van der Waals surface area contributed by atoms with Crippen molar-refractivity contribution in [2.24, 2.45) is 5.92 Å². The second-order valence-electron chi connectivity index (χ2n) is 6.26. The van der Waals surface area contributed by atoms with Crippen LogP contribution in [0.3, 0.4) is 0 Å². The monoisotopic (exact) mass is 346 g/mol. The maximum atomic E-state index is 13.2. The molecule has 1 saturated carbocycles. The van der Waals surface area contributed by atoms with Gasteiger partial charge in [0.1, 0.15) is 5.82 Å². The number of halogens is 1. The molecule has 0 bridgehead atoms. The summed E-state index contributed by atoms with van der Waals surface area (Å²) in [6, 6.07) is 10.5. The lowest BCUT2D eigenvalue weighted by Gasteiger charge is -2.36. The number of carbonyl (C=O) groups excluding carboxylic acids is 1. The van der Waals surface area contributed by atoms with Crippen LogP contribution in [0.2, 0.25) is 0 Å². The zero-order chi connectivity index (χ0) is 16.9. The van der Waals surface area contributed by atoms with E-state index in [9.17, 15) is 9.18 Å². The SMILES string of the molecule is CCN(Cc1cccs1)C(=O)NC(c1ccc(F)cc1)C1CCC1. The Bertz CT molecular complexity index is 653. The molecule has 1 aromatic heterocycles. The molecule has 1 N–H and O–H groups in total. The summed E-state index contributed by atoms with van der Waals surface area (Å²) in [6.07, 6.45) is 3.42. The first kappa shape index (κ1) is 17.0. The molecule has 1 aliphatic carbocycles. The van der Waals surface area contributed by atoms with Crippen LogP contribution in [0.15, 0.2) is 41.8 Å². The van der Waals surface area contributed by atoms with Gasteiger partial charge in [-0.1, -0.05) is 24.6 Å². The minimum atomic E-state index is -0.245. The van der Waals surface area contributed by atoms with Gasteiger partial charge in [-0.05, 0) is 54.8 Å². The average molecular weight is 346 g/mol. The number of hydrogen-bond acceptors (Lipinski definition) is 2. The molecule has 0 spiro atoms. The number of carbonyl (C=O) groups is 1. The van der Waals surface area contributed by atoms with Crippen LogP contribution in [0.4, 0.5) is 9.18 Å². The predicted molar refractivity (Wildman–Crippen MR) is 95.4 cm³/mol. The van der Waals surface area contributed by atoms with Gasteiger partial charge in [0.05, 0.1) is 12.6 Å². The quantitative estimate of drug-likeness (QED) is 0.788. The molecule has 0 saturated heterocycles. The van der Waals surface area contributed by atoms with Crippen LogP contribution in [-0.4, -0.2) is 17.5 Å². The van der Waals surface area contributed by atoms with Crippen LogP contribution >= 0.6 is 11.3 Å². The average Bonchev–Trinajstić information content (AvgIpc) is 3.04. The van der Waals surface area contributed by atoms with Gasteiger partial charge in [0.2, 0.25) is 0 Å². The zero-order valence-corrected chi connectivity index (χ0v) is 14.7. The zero-order valence-electron chi connectivity index (χ0n) is 13.9. The van der Waals surface area contributed by atoms with Crippen molar-refractivity contribution in [3.05, 3.63) is 58.0 Å². The molecular formula is C19H23FN2OS. The Labute approximate surface area is 146 Å². The number of thiophene rings is 1. The van der Waals surface area contributed by atoms with Crippen molar-refractivity contribution in [2.45, 2.75) is 38.8 Å². The lowest BCUT2D eigenvalue weighted by Crippen LogP contribution is -2.44.